The van der Waals surface area contributed by atoms with E-state index in [1.807, 2.05) is 104 Å². The molecule has 0 N–H and O–H groups in total. The van der Waals surface area contributed by atoms with Crippen molar-refractivity contribution in [3.05, 3.63) is 319 Å². The fraction of sp³-hybridized carbons (Fsp3) is 0.267. The Morgan fingerprint density at radius 1 is 0.219 bits per heavy atom. The molecular formula is C90H108N6+6. The molecule has 12 rings (SSSR count). The monoisotopic (exact) mass is 1280 g/mol. The number of hydrogen-bond donors (Lipinski definition) is 0. The van der Waals surface area contributed by atoms with Gasteiger partial charge in [-0.1, -0.05) is 109 Å². The number of aryl methyl sites for hydroxylation is 20. The van der Waals surface area contributed by atoms with Crippen molar-refractivity contribution < 1.29 is 39.7 Å². The Bertz CT molecular complexity index is 4920. The molecular weight excluding hydrogens is 1170 g/mol. The van der Waals surface area contributed by atoms with Crippen LogP contribution in [-0.2, 0) is 42.3 Å². The van der Waals surface area contributed by atoms with Crippen LogP contribution in [0.3, 0.4) is 0 Å². The second kappa shape index (κ2) is 33.6. The Kier molecular flexibility index (Phi) is 21.4. The second-order valence-electron chi connectivity index (χ2n) is 25.7. The molecule has 12 aromatic rings. The lowest BCUT2D eigenvalue weighted by molar-refractivity contribution is -0.667. The van der Waals surface area contributed by atoms with Gasteiger partial charge in [0.15, 0.2) is 36.2 Å². The summed E-state index contributed by atoms with van der Waals surface area (Å²) in [4.78, 5) is 0. The van der Waals surface area contributed by atoms with Crippen LogP contribution in [0.15, 0.2) is 219 Å². The molecule has 6 heteroatoms. The average Bonchev–Trinajstić information content (AvgIpc) is 0.824. The van der Waals surface area contributed by atoms with Gasteiger partial charge in [0.1, 0.15) is 42.3 Å². The first-order chi connectivity index (χ1) is 49.2. The molecule has 492 valence electrons. The number of rotatable bonds is 6. The molecule has 0 aliphatic carbocycles. The van der Waals surface area contributed by atoms with Crippen molar-refractivity contribution in [1.82, 2.24) is 0 Å². The molecule has 96 heavy (non-hydrogen) atoms. The molecule has 0 bridgehead atoms. The van der Waals surface area contributed by atoms with Crippen LogP contribution in [0.2, 0.25) is 0 Å². The third-order valence-electron chi connectivity index (χ3n) is 18.3. The molecule has 0 aliphatic heterocycles. The number of hydrogen-bond acceptors (Lipinski definition) is 0. The fourth-order valence-electron chi connectivity index (χ4n) is 12.3. The summed E-state index contributed by atoms with van der Waals surface area (Å²) < 4.78 is 80.2. The highest BCUT2D eigenvalue weighted by Gasteiger charge is 2.21. The van der Waals surface area contributed by atoms with Gasteiger partial charge in [0, 0.05) is 128 Å². The van der Waals surface area contributed by atoms with E-state index in [1.165, 1.54) is 101 Å². The van der Waals surface area contributed by atoms with Crippen LogP contribution in [0.4, 0.5) is 0 Å². The zero-order valence-corrected chi connectivity index (χ0v) is 61.0. The van der Waals surface area contributed by atoms with Gasteiger partial charge in [0.05, 0.1) is 0 Å². The molecule has 6 aromatic heterocycles. The summed E-state index contributed by atoms with van der Waals surface area (Å²) in [5, 5.41) is 0. The summed E-state index contributed by atoms with van der Waals surface area (Å²) in [5.41, 5.74) is 33.6. The molecule has 0 saturated carbocycles. The van der Waals surface area contributed by atoms with Crippen molar-refractivity contribution in [3.63, 3.8) is 0 Å². The molecule has 0 unspecified atom stereocenters. The van der Waals surface area contributed by atoms with Crippen molar-refractivity contribution in [2.75, 3.05) is 0 Å². The van der Waals surface area contributed by atoms with Crippen LogP contribution in [0.25, 0.3) is 67.5 Å². The molecule has 0 fully saturated rings. The summed E-state index contributed by atoms with van der Waals surface area (Å²) in [7, 11) is 12.0. The smallest absolute Gasteiger partial charge is 0.201 e. The topological polar surface area (TPSA) is 23.3 Å². The van der Waals surface area contributed by atoms with Gasteiger partial charge in [0.2, 0.25) is 34.2 Å². The van der Waals surface area contributed by atoms with Crippen molar-refractivity contribution in [2.45, 2.75) is 124 Å². The van der Waals surface area contributed by atoms with Crippen molar-refractivity contribution >= 4 is 0 Å². The highest BCUT2D eigenvalue weighted by molar-refractivity contribution is 5.67. The van der Waals surface area contributed by atoms with E-state index in [4.69, 9.17) is 12.3 Å². The molecule has 0 amide bonds. The number of nitrogens with zero attached hydrogens (tertiary/aromatic N) is 6. The maximum Gasteiger partial charge on any atom is 0.215 e. The highest BCUT2D eigenvalue weighted by Crippen LogP contribution is 2.28. The predicted octanol–water partition coefficient (Wildman–Crippen LogP) is 18.6. The second-order valence-corrected chi connectivity index (χ2v) is 25.7. The van der Waals surface area contributed by atoms with Gasteiger partial charge in [-0.25, -0.2) is 18.3 Å². The zero-order chi connectivity index (χ0) is 77.7. The van der Waals surface area contributed by atoms with E-state index < -0.39 is 20.6 Å². The maximum absolute atomic E-state index is 7.55. The van der Waals surface area contributed by atoms with Crippen LogP contribution in [0.5, 0.6) is 0 Å². The van der Waals surface area contributed by atoms with Crippen LogP contribution in [-0.4, -0.2) is 0 Å². The minimum atomic E-state index is -2.06. The number of aromatic nitrogens is 6. The van der Waals surface area contributed by atoms with E-state index in [2.05, 4.69) is 264 Å². The lowest BCUT2D eigenvalue weighted by Crippen LogP contribution is -2.35. The standard InChI is InChI=1S/6C15H18N/c2*1-11-9-13(3)15(16(4)10-11)14-8-6-5-7-12(14)2;2*1-11-7-5-6-8-14(11)15-9-12(2)13(3)10-16(15)4;2*1-11-9-10-15(16(4)13(11)3)14-8-6-5-7-12(14)2/h6*5-10H,1-4H3/q6*+1/i1D3;;3D3;;1D3;. The van der Waals surface area contributed by atoms with Crippen LogP contribution in [0.1, 0.15) is 113 Å². The molecule has 0 atom stereocenters. The minimum Gasteiger partial charge on any atom is -0.201 e. The third-order valence-corrected chi connectivity index (χ3v) is 18.3. The molecule has 0 aliphatic rings. The normalized spacial score (nSPS) is 12.3. The highest BCUT2D eigenvalue weighted by atomic mass is 15.0. The van der Waals surface area contributed by atoms with Gasteiger partial charge in [0.25, 0.3) is 0 Å². The van der Waals surface area contributed by atoms with Gasteiger partial charge in [-0.2, -0.15) is 9.13 Å². The van der Waals surface area contributed by atoms with E-state index >= 15 is 0 Å². The molecule has 6 aromatic carbocycles. The summed E-state index contributed by atoms with van der Waals surface area (Å²) in [6, 6.07) is 66.1. The van der Waals surface area contributed by atoms with Gasteiger partial charge in [-0.15, -0.1) is 0 Å². The summed E-state index contributed by atoms with van der Waals surface area (Å²) in [5.74, 6) is 0. The SMILES string of the molecule is Cc1cc(-c2ccccc2C)[n+](C)cc1C.Cc1cc(C)c(-c2ccccc2C)[n+](C)c1.Cc1ccccc1-c1ccc(C)c(C)[n+]1C.[2H]C([2H])([2H])c1c[n+](C)c(-c2ccccc2C)cc1C.[2H]C([2H])([2H])c1cc(C)c(-c2ccccc2C)[n+](C)c1.[2H]C([2H])([2H])c1ccc(-c2ccccc2C)[n+](C)c1C. The molecule has 0 radical (unpaired) electrons. The summed E-state index contributed by atoms with van der Waals surface area (Å²) in [6.45, 7) is 25.1. The third kappa shape index (κ3) is 18.4. The van der Waals surface area contributed by atoms with Gasteiger partial charge < -0.3 is 0 Å². The fourth-order valence-corrected chi connectivity index (χ4v) is 12.3. The predicted molar refractivity (Wildman–Crippen MR) is 404 cm³/mol. The van der Waals surface area contributed by atoms with Crippen LogP contribution in [0, 0.1) is 124 Å². The van der Waals surface area contributed by atoms with Crippen LogP contribution >= 0.6 is 0 Å². The summed E-state index contributed by atoms with van der Waals surface area (Å²) in [6.07, 6.45) is 7.78. The lowest BCUT2D eigenvalue weighted by Gasteiger charge is -2.07. The maximum atomic E-state index is 7.55. The van der Waals surface area contributed by atoms with Crippen molar-refractivity contribution in [1.29, 1.82) is 0 Å². The van der Waals surface area contributed by atoms with E-state index in [9.17, 15) is 0 Å². The average molecular weight is 1280 g/mol. The summed E-state index contributed by atoms with van der Waals surface area (Å²) >= 11 is 0. The Morgan fingerprint density at radius 2 is 0.521 bits per heavy atom. The first-order valence-electron chi connectivity index (χ1n) is 37.5. The van der Waals surface area contributed by atoms with Gasteiger partial charge in [-0.3, -0.25) is 0 Å². The Hall–Kier alpha value is -9.78. The number of pyridine rings is 6. The quantitative estimate of drug-likeness (QED) is 0.148. The Morgan fingerprint density at radius 3 is 0.875 bits per heavy atom. The minimum absolute atomic E-state index is 0.379. The van der Waals surface area contributed by atoms with Gasteiger partial charge in [-0.05, 0) is 216 Å². The van der Waals surface area contributed by atoms with E-state index in [0.29, 0.717) is 16.7 Å². The van der Waals surface area contributed by atoms with E-state index in [1.54, 1.807) is 24.5 Å². The number of benzene rings is 6. The Labute approximate surface area is 590 Å². The molecule has 0 saturated heterocycles. The molecule has 0 spiro atoms. The van der Waals surface area contributed by atoms with Crippen molar-refractivity contribution in [3.8, 4) is 67.5 Å². The zero-order valence-electron chi connectivity index (χ0n) is 70.0. The van der Waals surface area contributed by atoms with E-state index in [0.717, 1.165) is 50.6 Å². The molecule has 6 nitrogen and oxygen atoms in total. The first-order valence-corrected chi connectivity index (χ1v) is 33.0. The molecule has 6 heterocycles. The lowest BCUT2D eigenvalue weighted by atomic mass is 10.0. The van der Waals surface area contributed by atoms with Crippen molar-refractivity contribution in [2.24, 2.45) is 42.3 Å². The first kappa shape index (κ1) is 61.1. The van der Waals surface area contributed by atoms with E-state index in [-0.39, 0.29) is 0 Å². The largest absolute Gasteiger partial charge is 0.215 e. The Balaban J connectivity index is 0.000000176. The van der Waals surface area contributed by atoms with Gasteiger partial charge >= 0.3 is 0 Å². The van der Waals surface area contributed by atoms with Crippen LogP contribution < -0.4 is 27.4 Å².